The number of nitrogens with one attached hydrogen (secondary N) is 1. The van der Waals surface area contributed by atoms with Gasteiger partial charge in [-0.15, -0.1) is 0 Å². The van der Waals surface area contributed by atoms with Crippen molar-refractivity contribution in [1.29, 1.82) is 0 Å². The quantitative estimate of drug-likeness (QED) is 0.917. The van der Waals surface area contributed by atoms with E-state index in [9.17, 15) is 8.42 Å². The van der Waals surface area contributed by atoms with Crippen molar-refractivity contribution in [3.8, 4) is 0 Å². The van der Waals surface area contributed by atoms with Crippen LogP contribution < -0.4 is 5.32 Å². The van der Waals surface area contributed by atoms with Crippen molar-refractivity contribution in [1.82, 2.24) is 14.6 Å². The average Bonchev–Trinajstić information content (AvgIpc) is 2.39. The van der Waals surface area contributed by atoms with E-state index in [0.29, 0.717) is 19.6 Å². The molecule has 1 N–H and O–H groups in total. The predicted octanol–water partition coefficient (Wildman–Crippen LogP) is 1.61. The first-order valence-corrected chi connectivity index (χ1v) is 8.39. The Labute approximate surface area is 121 Å². The molecule has 2 heterocycles. The number of piperidine rings is 1. The molecular formula is C14H23N3O2S. The zero-order chi connectivity index (χ0) is 14.8. The van der Waals surface area contributed by atoms with E-state index in [2.05, 4.69) is 24.1 Å². The summed E-state index contributed by atoms with van der Waals surface area (Å²) in [6, 6.07) is 3.41. The van der Waals surface area contributed by atoms with Crippen LogP contribution in [0.3, 0.4) is 0 Å². The molecule has 0 radical (unpaired) electrons. The Bertz CT molecular complexity index is 542. The number of sulfonamides is 1. The number of rotatable bonds is 4. The minimum absolute atomic E-state index is 0.150. The molecule has 112 valence electrons. The Morgan fingerprint density at radius 3 is 2.45 bits per heavy atom. The van der Waals surface area contributed by atoms with E-state index in [-0.39, 0.29) is 10.4 Å². The normalized spacial score (nSPS) is 19.9. The number of aromatic nitrogens is 1. The summed E-state index contributed by atoms with van der Waals surface area (Å²) in [7, 11) is -1.59. The second kappa shape index (κ2) is 5.79. The summed E-state index contributed by atoms with van der Waals surface area (Å²) in [6.07, 6.45) is 3.41. The summed E-state index contributed by atoms with van der Waals surface area (Å²) < 4.78 is 26.6. The standard InChI is InChI=1S/C14H23N3O2S/c1-14(2)6-8-17(9-7-14)20(18,19)13-5-4-12(10-15-3)11-16-13/h4-5,11,15H,6-10H2,1-3H3. The van der Waals surface area contributed by atoms with Gasteiger partial charge in [0.25, 0.3) is 10.0 Å². The van der Waals surface area contributed by atoms with Gasteiger partial charge in [0.05, 0.1) is 0 Å². The SMILES string of the molecule is CNCc1ccc(S(=O)(=O)N2CCC(C)(C)CC2)nc1. The fourth-order valence-electron chi connectivity index (χ4n) is 2.34. The lowest BCUT2D eigenvalue weighted by Crippen LogP contribution is -2.41. The Hall–Kier alpha value is -0.980. The number of nitrogens with zero attached hydrogens (tertiary/aromatic N) is 2. The summed E-state index contributed by atoms with van der Waals surface area (Å²) in [5.74, 6) is 0. The van der Waals surface area contributed by atoms with Gasteiger partial charge in [0.2, 0.25) is 0 Å². The highest BCUT2D eigenvalue weighted by Crippen LogP contribution is 2.31. The summed E-state index contributed by atoms with van der Waals surface area (Å²) in [4.78, 5) is 4.11. The van der Waals surface area contributed by atoms with Crippen molar-refractivity contribution in [2.24, 2.45) is 5.41 Å². The van der Waals surface area contributed by atoms with Gasteiger partial charge in [0.1, 0.15) is 0 Å². The van der Waals surface area contributed by atoms with Crippen LogP contribution in [0.1, 0.15) is 32.3 Å². The minimum Gasteiger partial charge on any atom is -0.316 e. The van der Waals surface area contributed by atoms with Gasteiger partial charge in [0.15, 0.2) is 5.03 Å². The van der Waals surface area contributed by atoms with Crippen molar-refractivity contribution in [3.63, 3.8) is 0 Å². The lowest BCUT2D eigenvalue weighted by molar-refractivity contribution is 0.195. The first-order chi connectivity index (χ1) is 9.35. The number of hydrogen-bond acceptors (Lipinski definition) is 4. The summed E-state index contributed by atoms with van der Waals surface area (Å²) in [5.41, 5.74) is 1.21. The van der Waals surface area contributed by atoms with Crippen molar-refractivity contribution >= 4 is 10.0 Å². The molecule has 6 heteroatoms. The second-order valence-corrected chi connectivity index (χ2v) is 7.99. The largest absolute Gasteiger partial charge is 0.316 e. The molecule has 1 fully saturated rings. The molecule has 5 nitrogen and oxygen atoms in total. The van der Waals surface area contributed by atoms with Crippen molar-refractivity contribution in [3.05, 3.63) is 23.9 Å². The highest BCUT2D eigenvalue weighted by atomic mass is 32.2. The zero-order valence-electron chi connectivity index (χ0n) is 12.4. The summed E-state index contributed by atoms with van der Waals surface area (Å²) in [5, 5.41) is 3.16. The van der Waals surface area contributed by atoms with Gasteiger partial charge in [-0.25, -0.2) is 13.4 Å². The van der Waals surface area contributed by atoms with Crippen molar-refractivity contribution in [2.45, 2.75) is 38.3 Å². The van der Waals surface area contributed by atoms with Gasteiger partial charge in [-0.1, -0.05) is 19.9 Å². The first kappa shape index (κ1) is 15.4. The van der Waals surface area contributed by atoms with Gasteiger partial charge in [-0.3, -0.25) is 0 Å². The third-order valence-corrected chi connectivity index (χ3v) is 5.67. The number of hydrogen-bond donors (Lipinski definition) is 1. The van der Waals surface area contributed by atoms with Crippen LogP contribution in [-0.2, 0) is 16.6 Å². The van der Waals surface area contributed by atoms with E-state index < -0.39 is 10.0 Å². The molecule has 1 saturated heterocycles. The Morgan fingerprint density at radius 2 is 1.95 bits per heavy atom. The van der Waals surface area contributed by atoms with Gasteiger partial charge in [-0.05, 0) is 36.9 Å². The molecule has 1 aliphatic heterocycles. The van der Waals surface area contributed by atoms with Crippen LogP contribution in [0.4, 0.5) is 0 Å². The molecule has 1 aromatic heterocycles. The van der Waals surface area contributed by atoms with Gasteiger partial charge < -0.3 is 5.32 Å². The molecule has 0 bridgehead atoms. The third kappa shape index (κ3) is 3.37. The van der Waals surface area contributed by atoms with E-state index in [1.165, 1.54) is 0 Å². The molecule has 1 aromatic rings. The fraction of sp³-hybridized carbons (Fsp3) is 0.643. The van der Waals surface area contributed by atoms with E-state index in [1.54, 1.807) is 16.6 Å². The maximum atomic E-state index is 12.5. The fourth-order valence-corrected chi connectivity index (χ4v) is 3.69. The highest BCUT2D eigenvalue weighted by Gasteiger charge is 2.33. The molecule has 1 aliphatic rings. The molecule has 0 unspecified atom stereocenters. The average molecular weight is 297 g/mol. The topological polar surface area (TPSA) is 62.3 Å². The lowest BCUT2D eigenvalue weighted by Gasteiger charge is -2.35. The van der Waals surface area contributed by atoms with Crippen molar-refractivity contribution < 1.29 is 8.42 Å². The van der Waals surface area contributed by atoms with Crippen LogP contribution in [0.5, 0.6) is 0 Å². The van der Waals surface area contributed by atoms with E-state index in [1.807, 2.05) is 13.1 Å². The Kier molecular flexibility index (Phi) is 4.46. The zero-order valence-corrected chi connectivity index (χ0v) is 13.2. The van der Waals surface area contributed by atoms with Crippen LogP contribution in [0, 0.1) is 5.41 Å². The van der Waals surface area contributed by atoms with Crippen molar-refractivity contribution in [2.75, 3.05) is 20.1 Å². The van der Waals surface area contributed by atoms with Crippen LogP contribution in [0.15, 0.2) is 23.4 Å². The number of pyridine rings is 1. The molecule has 20 heavy (non-hydrogen) atoms. The van der Waals surface area contributed by atoms with Crippen LogP contribution >= 0.6 is 0 Å². The highest BCUT2D eigenvalue weighted by molar-refractivity contribution is 7.89. The van der Waals surface area contributed by atoms with Crippen LogP contribution in [-0.4, -0.2) is 37.8 Å². The molecule has 0 atom stereocenters. The molecule has 0 spiro atoms. The maximum Gasteiger partial charge on any atom is 0.260 e. The Balaban J connectivity index is 2.14. The van der Waals surface area contributed by atoms with E-state index >= 15 is 0 Å². The maximum absolute atomic E-state index is 12.5. The van der Waals surface area contributed by atoms with Crippen LogP contribution in [0.25, 0.3) is 0 Å². The monoisotopic (exact) mass is 297 g/mol. The van der Waals surface area contributed by atoms with Gasteiger partial charge >= 0.3 is 0 Å². The van der Waals surface area contributed by atoms with Gasteiger partial charge in [-0.2, -0.15) is 4.31 Å². The molecule has 0 amide bonds. The smallest absolute Gasteiger partial charge is 0.260 e. The molecule has 0 aromatic carbocycles. The first-order valence-electron chi connectivity index (χ1n) is 6.95. The second-order valence-electron chi connectivity index (χ2n) is 6.10. The molecular weight excluding hydrogens is 274 g/mol. The molecule has 2 rings (SSSR count). The Morgan fingerprint density at radius 1 is 1.30 bits per heavy atom. The molecule has 0 saturated carbocycles. The lowest BCUT2D eigenvalue weighted by atomic mass is 9.83. The minimum atomic E-state index is -3.44. The van der Waals surface area contributed by atoms with Gasteiger partial charge in [0, 0.05) is 25.8 Å². The van der Waals surface area contributed by atoms with E-state index in [0.717, 1.165) is 18.4 Å². The molecule has 0 aliphatic carbocycles. The summed E-state index contributed by atoms with van der Waals surface area (Å²) >= 11 is 0. The van der Waals surface area contributed by atoms with E-state index in [4.69, 9.17) is 0 Å². The predicted molar refractivity (Wildman–Crippen MR) is 78.8 cm³/mol. The van der Waals surface area contributed by atoms with Crippen LogP contribution in [0.2, 0.25) is 0 Å². The third-order valence-electron chi connectivity index (χ3n) is 3.86. The summed E-state index contributed by atoms with van der Waals surface area (Å²) in [6.45, 7) is 6.21.